The van der Waals surface area contributed by atoms with Crippen LogP contribution in [0.2, 0.25) is 0 Å². The Morgan fingerprint density at radius 2 is 1.67 bits per heavy atom. The number of hydrogen-bond acceptors (Lipinski definition) is 2. The van der Waals surface area contributed by atoms with E-state index < -0.39 is 0 Å². The summed E-state index contributed by atoms with van der Waals surface area (Å²) in [6, 6.07) is 8.85. The largest absolute Gasteiger partial charge is 0.311 e. The molecule has 102 valence electrons. The maximum atomic E-state index is 3.52. The molecule has 0 heterocycles. The Bertz CT molecular complexity index is 335. The fraction of sp³-hybridized carbons (Fsp3) is 0.625. The lowest BCUT2D eigenvalue weighted by Gasteiger charge is -2.23. The monoisotopic (exact) mass is 248 g/mol. The number of aryl methyl sites for hydroxylation is 1. The van der Waals surface area contributed by atoms with Gasteiger partial charge in [0.2, 0.25) is 0 Å². The van der Waals surface area contributed by atoms with Gasteiger partial charge in [-0.15, -0.1) is 0 Å². The van der Waals surface area contributed by atoms with Crippen LogP contribution in [0.5, 0.6) is 0 Å². The molecule has 1 aromatic rings. The van der Waals surface area contributed by atoms with E-state index in [1.807, 2.05) is 0 Å². The molecule has 0 saturated heterocycles. The Morgan fingerprint density at radius 1 is 1.06 bits per heavy atom. The van der Waals surface area contributed by atoms with Gasteiger partial charge in [0.25, 0.3) is 0 Å². The van der Waals surface area contributed by atoms with E-state index in [2.05, 4.69) is 69.2 Å². The van der Waals surface area contributed by atoms with Crippen molar-refractivity contribution in [1.82, 2.24) is 10.2 Å². The first-order valence-electron chi connectivity index (χ1n) is 6.86. The van der Waals surface area contributed by atoms with Crippen LogP contribution in [-0.2, 0) is 6.42 Å². The van der Waals surface area contributed by atoms with Gasteiger partial charge in [0.15, 0.2) is 0 Å². The number of rotatable bonds is 6. The molecule has 0 amide bonds. The topological polar surface area (TPSA) is 15.3 Å². The molecule has 0 aromatic heterocycles. The molecule has 0 aliphatic heterocycles. The summed E-state index contributed by atoms with van der Waals surface area (Å²) in [7, 11) is 2.19. The van der Waals surface area contributed by atoms with Crippen LogP contribution in [0.4, 0.5) is 0 Å². The van der Waals surface area contributed by atoms with E-state index in [4.69, 9.17) is 0 Å². The summed E-state index contributed by atoms with van der Waals surface area (Å²) >= 11 is 0. The van der Waals surface area contributed by atoms with Gasteiger partial charge in [-0.3, -0.25) is 0 Å². The van der Waals surface area contributed by atoms with E-state index in [0.29, 0.717) is 0 Å². The number of benzene rings is 1. The molecule has 1 rings (SSSR count). The molecule has 0 aliphatic carbocycles. The van der Waals surface area contributed by atoms with E-state index in [0.717, 1.165) is 26.1 Å². The molecule has 0 fully saturated rings. The van der Waals surface area contributed by atoms with Crippen LogP contribution in [-0.4, -0.2) is 37.1 Å². The number of nitrogens with zero attached hydrogens (tertiary/aromatic N) is 1. The molecule has 1 N–H and O–H groups in total. The number of hydrogen-bond donors (Lipinski definition) is 1. The minimum absolute atomic E-state index is 0.220. The van der Waals surface area contributed by atoms with Gasteiger partial charge in [-0.1, -0.05) is 29.8 Å². The minimum atomic E-state index is 0.220. The Morgan fingerprint density at radius 3 is 2.22 bits per heavy atom. The van der Waals surface area contributed by atoms with Crippen molar-refractivity contribution >= 4 is 0 Å². The van der Waals surface area contributed by atoms with E-state index in [1.54, 1.807) is 0 Å². The van der Waals surface area contributed by atoms with E-state index in [1.165, 1.54) is 11.1 Å². The lowest BCUT2D eigenvalue weighted by Crippen LogP contribution is -2.40. The normalized spacial score (nSPS) is 12.1. The highest BCUT2D eigenvalue weighted by atomic mass is 15.1. The molecule has 0 unspecified atom stereocenters. The predicted molar refractivity (Wildman–Crippen MR) is 80.1 cm³/mol. The van der Waals surface area contributed by atoms with Crippen molar-refractivity contribution in [3.63, 3.8) is 0 Å². The molecule has 0 atom stereocenters. The van der Waals surface area contributed by atoms with Crippen molar-refractivity contribution in [2.75, 3.05) is 26.7 Å². The first-order chi connectivity index (χ1) is 8.37. The van der Waals surface area contributed by atoms with Gasteiger partial charge in [0.1, 0.15) is 0 Å². The highest BCUT2D eigenvalue weighted by molar-refractivity contribution is 5.21. The molecule has 0 radical (unpaired) electrons. The van der Waals surface area contributed by atoms with Crippen LogP contribution in [0.3, 0.4) is 0 Å². The van der Waals surface area contributed by atoms with Gasteiger partial charge < -0.3 is 10.2 Å². The maximum Gasteiger partial charge on any atom is 0.0104 e. The Labute approximate surface area is 112 Å². The lowest BCUT2D eigenvalue weighted by atomic mass is 10.1. The summed E-state index contributed by atoms with van der Waals surface area (Å²) in [4.78, 5) is 2.39. The predicted octanol–water partition coefficient (Wildman–Crippen LogP) is 2.86. The molecule has 2 heteroatoms. The average Bonchev–Trinajstić information content (AvgIpc) is 2.26. The lowest BCUT2D eigenvalue weighted by molar-refractivity contribution is 0.312. The first-order valence-corrected chi connectivity index (χ1v) is 6.86. The van der Waals surface area contributed by atoms with Gasteiger partial charge in [-0.2, -0.15) is 0 Å². The van der Waals surface area contributed by atoms with Gasteiger partial charge in [-0.05, 0) is 46.7 Å². The summed E-state index contributed by atoms with van der Waals surface area (Å²) in [5.41, 5.74) is 2.98. The zero-order valence-corrected chi connectivity index (χ0v) is 12.6. The fourth-order valence-corrected chi connectivity index (χ4v) is 1.81. The summed E-state index contributed by atoms with van der Waals surface area (Å²) in [5, 5.41) is 3.52. The molecular weight excluding hydrogens is 220 g/mol. The smallest absolute Gasteiger partial charge is 0.0104 e. The second-order valence-electron chi connectivity index (χ2n) is 6.22. The fourth-order valence-electron chi connectivity index (χ4n) is 1.81. The molecule has 2 nitrogen and oxygen atoms in total. The van der Waals surface area contributed by atoms with Crippen molar-refractivity contribution in [3.05, 3.63) is 35.4 Å². The van der Waals surface area contributed by atoms with E-state index >= 15 is 0 Å². The van der Waals surface area contributed by atoms with Crippen LogP contribution in [0, 0.1) is 6.92 Å². The van der Waals surface area contributed by atoms with Crippen LogP contribution in [0.25, 0.3) is 0 Å². The zero-order valence-electron chi connectivity index (χ0n) is 12.6. The summed E-state index contributed by atoms with van der Waals surface area (Å²) in [6.07, 6.45) is 1.13. The van der Waals surface area contributed by atoms with E-state index in [9.17, 15) is 0 Å². The molecule has 1 aromatic carbocycles. The molecule has 0 spiro atoms. The maximum absolute atomic E-state index is 3.52. The average molecular weight is 248 g/mol. The van der Waals surface area contributed by atoms with Crippen molar-refractivity contribution in [3.8, 4) is 0 Å². The van der Waals surface area contributed by atoms with Crippen LogP contribution < -0.4 is 5.32 Å². The van der Waals surface area contributed by atoms with Crippen molar-refractivity contribution in [2.24, 2.45) is 0 Å². The van der Waals surface area contributed by atoms with Gasteiger partial charge in [0.05, 0.1) is 0 Å². The summed E-state index contributed by atoms with van der Waals surface area (Å²) in [5.74, 6) is 0. The Balaban J connectivity index is 2.21. The van der Waals surface area contributed by atoms with Crippen LogP contribution in [0.15, 0.2) is 24.3 Å². The highest BCUT2D eigenvalue weighted by Gasteiger charge is 2.08. The standard InChI is InChI=1S/C16H28N2/c1-14-6-8-15(9-7-14)10-12-18(5)13-11-17-16(2,3)4/h6-9,17H,10-13H2,1-5H3. The second-order valence-corrected chi connectivity index (χ2v) is 6.22. The Hall–Kier alpha value is -0.860. The molecule has 0 aliphatic rings. The van der Waals surface area contributed by atoms with Crippen molar-refractivity contribution in [1.29, 1.82) is 0 Å². The van der Waals surface area contributed by atoms with E-state index in [-0.39, 0.29) is 5.54 Å². The minimum Gasteiger partial charge on any atom is -0.311 e. The quantitative estimate of drug-likeness (QED) is 0.833. The highest BCUT2D eigenvalue weighted by Crippen LogP contribution is 2.04. The molecule has 18 heavy (non-hydrogen) atoms. The Kier molecular flexibility index (Phi) is 5.83. The van der Waals surface area contributed by atoms with Gasteiger partial charge >= 0.3 is 0 Å². The molecule has 0 saturated carbocycles. The van der Waals surface area contributed by atoms with Crippen molar-refractivity contribution < 1.29 is 0 Å². The SMILES string of the molecule is Cc1ccc(CCN(C)CCNC(C)(C)C)cc1. The summed E-state index contributed by atoms with van der Waals surface area (Å²) in [6.45, 7) is 12.0. The third-order valence-electron chi connectivity index (χ3n) is 3.05. The summed E-state index contributed by atoms with van der Waals surface area (Å²) < 4.78 is 0. The molecular formula is C16H28N2. The third kappa shape index (κ3) is 6.77. The van der Waals surface area contributed by atoms with Crippen LogP contribution >= 0.6 is 0 Å². The first kappa shape index (κ1) is 15.2. The van der Waals surface area contributed by atoms with Gasteiger partial charge in [-0.25, -0.2) is 0 Å². The second kappa shape index (κ2) is 6.91. The van der Waals surface area contributed by atoms with Crippen LogP contribution in [0.1, 0.15) is 31.9 Å². The molecule has 0 bridgehead atoms. The number of nitrogens with one attached hydrogen (secondary N) is 1. The zero-order chi connectivity index (χ0) is 13.6. The van der Waals surface area contributed by atoms with Gasteiger partial charge in [0, 0.05) is 25.2 Å². The third-order valence-corrected chi connectivity index (χ3v) is 3.05. The number of likely N-dealkylation sites (N-methyl/N-ethyl adjacent to an activating group) is 1. The van der Waals surface area contributed by atoms with Crippen molar-refractivity contribution in [2.45, 2.75) is 39.7 Å².